The SMILES string of the molecule is CC(C)(C)OC(=O)Nc1ccc(-c2ccncc2Cl)cn1. The first-order valence-electron chi connectivity index (χ1n) is 6.41. The number of carbonyl (C=O) groups is 1. The Morgan fingerprint density at radius 1 is 1.24 bits per heavy atom. The molecule has 0 aliphatic carbocycles. The van der Waals surface area contributed by atoms with E-state index in [-0.39, 0.29) is 0 Å². The molecule has 2 aromatic heterocycles. The van der Waals surface area contributed by atoms with Gasteiger partial charge in [0.15, 0.2) is 0 Å². The van der Waals surface area contributed by atoms with Crippen molar-refractivity contribution in [3.05, 3.63) is 41.8 Å². The summed E-state index contributed by atoms with van der Waals surface area (Å²) in [6.45, 7) is 5.40. The molecule has 2 rings (SSSR count). The molecule has 6 heteroatoms. The first kappa shape index (κ1) is 15.3. The molecule has 0 bridgehead atoms. The van der Waals surface area contributed by atoms with E-state index in [1.807, 2.05) is 6.07 Å². The second kappa shape index (κ2) is 6.10. The Balaban J connectivity index is 2.10. The lowest BCUT2D eigenvalue weighted by Crippen LogP contribution is -2.27. The van der Waals surface area contributed by atoms with Gasteiger partial charge in [-0.15, -0.1) is 0 Å². The van der Waals surface area contributed by atoms with E-state index in [1.165, 1.54) is 0 Å². The minimum absolute atomic E-state index is 0.415. The fourth-order valence-corrected chi connectivity index (χ4v) is 1.87. The number of amides is 1. The highest BCUT2D eigenvalue weighted by molar-refractivity contribution is 6.33. The smallest absolute Gasteiger partial charge is 0.413 e. The number of carbonyl (C=O) groups excluding carboxylic acids is 1. The lowest BCUT2D eigenvalue weighted by molar-refractivity contribution is 0.0635. The van der Waals surface area contributed by atoms with E-state index in [4.69, 9.17) is 16.3 Å². The molecule has 21 heavy (non-hydrogen) atoms. The van der Waals surface area contributed by atoms with Crippen molar-refractivity contribution >= 4 is 23.5 Å². The number of hydrogen-bond acceptors (Lipinski definition) is 4. The van der Waals surface area contributed by atoms with Crippen molar-refractivity contribution in [2.75, 3.05) is 5.32 Å². The molecule has 1 amide bonds. The van der Waals surface area contributed by atoms with Crippen molar-refractivity contribution in [3.63, 3.8) is 0 Å². The van der Waals surface area contributed by atoms with Gasteiger partial charge in [0.05, 0.1) is 5.02 Å². The van der Waals surface area contributed by atoms with Crippen molar-refractivity contribution in [1.82, 2.24) is 9.97 Å². The summed E-state index contributed by atoms with van der Waals surface area (Å²) >= 11 is 6.08. The second-order valence-corrected chi connectivity index (χ2v) is 5.82. The van der Waals surface area contributed by atoms with Crippen molar-refractivity contribution < 1.29 is 9.53 Å². The van der Waals surface area contributed by atoms with Crippen LogP contribution in [0.1, 0.15) is 20.8 Å². The second-order valence-electron chi connectivity index (χ2n) is 5.41. The van der Waals surface area contributed by atoms with Crippen LogP contribution in [0.3, 0.4) is 0 Å². The molecular formula is C15H16ClN3O2. The largest absolute Gasteiger partial charge is 0.444 e. The van der Waals surface area contributed by atoms with Crippen molar-refractivity contribution in [1.29, 1.82) is 0 Å². The number of nitrogens with one attached hydrogen (secondary N) is 1. The van der Waals surface area contributed by atoms with Gasteiger partial charge in [-0.25, -0.2) is 9.78 Å². The van der Waals surface area contributed by atoms with E-state index >= 15 is 0 Å². The summed E-state index contributed by atoms with van der Waals surface area (Å²) in [4.78, 5) is 19.7. The Morgan fingerprint density at radius 3 is 2.57 bits per heavy atom. The Hall–Kier alpha value is -2.14. The number of halogens is 1. The quantitative estimate of drug-likeness (QED) is 0.905. The summed E-state index contributed by atoms with van der Waals surface area (Å²) in [6, 6.07) is 5.32. The van der Waals surface area contributed by atoms with Gasteiger partial charge >= 0.3 is 6.09 Å². The number of nitrogens with zero attached hydrogens (tertiary/aromatic N) is 2. The third-order valence-electron chi connectivity index (χ3n) is 2.48. The lowest BCUT2D eigenvalue weighted by atomic mass is 10.1. The van der Waals surface area contributed by atoms with Crippen LogP contribution < -0.4 is 5.32 Å². The van der Waals surface area contributed by atoms with Crippen LogP contribution in [-0.4, -0.2) is 21.7 Å². The molecule has 0 saturated carbocycles. The molecule has 0 fully saturated rings. The molecule has 0 atom stereocenters. The van der Waals surface area contributed by atoms with Crippen LogP contribution in [0.4, 0.5) is 10.6 Å². The highest BCUT2D eigenvalue weighted by Gasteiger charge is 2.16. The number of pyridine rings is 2. The van der Waals surface area contributed by atoms with Crippen molar-refractivity contribution in [2.24, 2.45) is 0 Å². The number of aromatic nitrogens is 2. The summed E-state index contributed by atoms with van der Waals surface area (Å²) in [5.74, 6) is 0.415. The third kappa shape index (κ3) is 4.43. The standard InChI is InChI=1S/C15H16ClN3O2/c1-15(2,3)21-14(20)19-13-5-4-10(8-18-13)11-6-7-17-9-12(11)16/h4-9H,1-3H3,(H,18,19,20). The van der Waals surface area contributed by atoms with Gasteiger partial charge < -0.3 is 4.74 Å². The normalized spacial score (nSPS) is 11.0. The molecule has 0 unspecified atom stereocenters. The Morgan fingerprint density at radius 2 is 2.00 bits per heavy atom. The number of hydrogen-bond donors (Lipinski definition) is 1. The fourth-order valence-electron chi connectivity index (χ4n) is 1.64. The van der Waals surface area contributed by atoms with E-state index in [0.717, 1.165) is 11.1 Å². The highest BCUT2D eigenvalue weighted by atomic mass is 35.5. The van der Waals surface area contributed by atoms with Crippen LogP contribution in [0.15, 0.2) is 36.8 Å². The van der Waals surface area contributed by atoms with Crippen LogP contribution in [0.5, 0.6) is 0 Å². The van der Waals surface area contributed by atoms with E-state index < -0.39 is 11.7 Å². The maximum absolute atomic E-state index is 11.6. The van der Waals surface area contributed by atoms with E-state index in [0.29, 0.717) is 10.8 Å². The van der Waals surface area contributed by atoms with Crippen LogP contribution in [0.25, 0.3) is 11.1 Å². The molecule has 110 valence electrons. The zero-order chi connectivity index (χ0) is 15.5. The zero-order valence-corrected chi connectivity index (χ0v) is 12.8. The minimum Gasteiger partial charge on any atom is -0.444 e. The van der Waals surface area contributed by atoms with E-state index in [2.05, 4.69) is 15.3 Å². The Labute approximate surface area is 128 Å². The predicted molar refractivity (Wildman–Crippen MR) is 82.3 cm³/mol. The van der Waals surface area contributed by atoms with Crippen LogP contribution in [-0.2, 0) is 4.74 Å². The molecular weight excluding hydrogens is 290 g/mol. The maximum Gasteiger partial charge on any atom is 0.413 e. The summed E-state index contributed by atoms with van der Waals surface area (Å²) in [5, 5.41) is 3.12. The maximum atomic E-state index is 11.6. The monoisotopic (exact) mass is 305 g/mol. The molecule has 0 aromatic carbocycles. The third-order valence-corrected chi connectivity index (χ3v) is 2.78. The molecule has 5 nitrogen and oxygen atoms in total. The van der Waals surface area contributed by atoms with E-state index in [1.54, 1.807) is 51.5 Å². The summed E-state index contributed by atoms with van der Waals surface area (Å²) < 4.78 is 5.16. The predicted octanol–water partition coefficient (Wildman–Crippen LogP) is 4.14. The molecule has 0 saturated heterocycles. The molecule has 0 spiro atoms. The van der Waals surface area contributed by atoms with Crippen molar-refractivity contribution in [3.8, 4) is 11.1 Å². The van der Waals surface area contributed by atoms with Crippen LogP contribution in [0, 0.1) is 0 Å². The van der Waals surface area contributed by atoms with Crippen molar-refractivity contribution in [2.45, 2.75) is 26.4 Å². The molecule has 1 N–H and O–H groups in total. The van der Waals surface area contributed by atoms with Crippen LogP contribution >= 0.6 is 11.6 Å². The average molecular weight is 306 g/mol. The van der Waals surface area contributed by atoms with Gasteiger partial charge in [0.1, 0.15) is 11.4 Å². The summed E-state index contributed by atoms with van der Waals surface area (Å²) in [7, 11) is 0. The molecule has 0 aliphatic heterocycles. The summed E-state index contributed by atoms with van der Waals surface area (Å²) in [5.41, 5.74) is 1.13. The number of ether oxygens (including phenoxy) is 1. The Bertz CT molecular complexity index is 636. The zero-order valence-electron chi connectivity index (χ0n) is 12.1. The van der Waals surface area contributed by atoms with Gasteiger partial charge in [-0.2, -0.15) is 0 Å². The minimum atomic E-state index is -0.547. The van der Waals surface area contributed by atoms with Crippen LogP contribution in [0.2, 0.25) is 5.02 Å². The average Bonchev–Trinajstić information content (AvgIpc) is 2.38. The Kier molecular flexibility index (Phi) is 4.43. The molecule has 0 aliphatic rings. The highest BCUT2D eigenvalue weighted by Crippen LogP contribution is 2.26. The first-order valence-corrected chi connectivity index (χ1v) is 6.79. The van der Waals surface area contributed by atoms with E-state index in [9.17, 15) is 4.79 Å². The molecule has 2 aromatic rings. The molecule has 2 heterocycles. The lowest BCUT2D eigenvalue weighted by Gasteiger charge is -2.19. The number of anilines is 1. The van der Waals surface area contributed by atoms with Gasteiger partial charge in [-0.05, 0) is 39.0 Å². The first-order chi connectivity index (χ1) is 9.85. The number of rotatable bonds is 2. The van der Waals surface area contributed by atoms with Gasteiger partial charge in [0, 0.05) is 29.7 Å². The van der Waals surface area contributed by atoms with Gasteiger partial charge in [0.2, 0.25) is 0 Å². The topological polar surface area (TPSA) is 64.1 Å². The summed E-state index contributed by atoms with van der Waals surface area (Å²) in [6.07, 6.45) is 4.33. The van der Waals surface area contributed by atoms with Gasteiger partial charge in [-0.1, -0.05) is 11.6 Å². The van der Waals surface area contributed by atoms with Gasteiger partial charge in [0.25, 0.3) is 0 Å². The molecule has 0 radical (unpaired) electrons. The fraction of sp³-hybridized carbons (Fsp3) is 0.267. The van der Waals surface area contributed by atoms with Gasteiger partial charge in [-0.3, -0.25) is 10.3 Å².